The molecule has 5 heteroatoms. The molecule has 1 saturated heterocycles. The minimum atomic E-state index is -1.28. The Kier molecular flexibility index (Phi) is 2.75. The number of nitriles is 1. The average molecular weight is 195 g/mol. The minimum Gasteiger partial charge on any atom is -0.356 e. The van der Waals surface area contributed by atoms with Gasteiger partial charge in [0.15, 0.2) is 0 Å². The molecule has 1 fully saturated rings. The summed E-state index contributed by atoms with van der Waals surface area (Å²) in [4.78, 5) is 24.1. The van der Waals surface area contributed by atoms with Gasteiger partial charge in [-0.2, -0.15) is 5.26 Å². The summed E-state index contributed by atoms with van der Waals surface area (Å²) < 4.78 is 0. The molecule has 1 aliphatic rings. The van der Waals surface area contributed by atoms with Crippen LogP contribution in [0.25, 0.3) is 0 Å². The molecule has 1 rings (SSSR count). The van der Waals surface area contributed by atoms with Crippen molar-refractivity contribution < 1.29 is 9.59 Å². The molecule has 2 amide bonds. The highest BCUT2D eigenvalue weighted by molar-refractivity contribution is 5.94. The number of likely N-dealkylation sites (tertiary alicyclic amines) is 1. The zero-order chi connectivity index (χ0) is 10.8. The average Bonchev–Trinajstić information content (AvgIpc) is 2.61. The predicted molar refractivity (Wildman–Crippen MR) is 49.0 cm³/mol. The molecule has 1 N–H and O–H groups in total. The molecule has 0 aromatic carbocycles. The highest BCUT2D eigenvalue weighted by atomic mass is 16.2. The van der Waals surface area contributed by atoms with Crippen molar-refractivity contribution in [3.8, 4) is 6.07 Å². The third kappa shape index (κ3) is 1.33. The monoisotopic (exact) mass is 195 g/mol. The fourth-order valence-electron chi connectivity index (χ4n) is 1.85. The number of nitrogens with one attached hydrogen (secondary N) is 1. The van der Waals surface area contributed by atoms with E-state index in [1.54, 1.807) is 0 Å². The van der Waals surface area contributed by atoms with Crippen LogP contribution in [0.2, 0.25) is 0 Å². The molecule has 0 aromatic heterocycles. The topological polar surface area (TPSA) is 73.2 Å². The summed E-state index contributed by atoms with van der Waals surface area (Å²) in [5.41, 5.74) is -1.28. The second kappa shape index (κ2) is 3.66. The second-order valence-electron chi connectivity index (χ2n) is 3.33. The van der Waals surface area contributed by atoms with Crippen molar-refractivity contribution >= 4 is 11.8 Å². The first kappa shape index (κ1) is 10.5. The predicted octanol–water partition coefficient (Wildman–Crippen LogP) is -0.363. The fourth-order valence-corrected chi connectivity index (χ4v) is 1.85. The third-order valence-electron chi connectivity index (χ3n) is 2.55. The second-order valence-corrected chi connectivity index (χ2v) is 3.33. The normalized spacial score (nSPS) is 25.6. The molecule has 1 heterocycles. The minimum absolute atomic E-state index is 0.229. The zero-order valence-corrected chi connectivity index (χ0v) is 8.33. The van der Waals surface area contributed by atoms with Gasteiger partial charge in [-0.15, -0.1) is 0 Å². The number of carbonyl (C=O) groups excluding carboxylic acids is 2. The largest absolute Gasteiger partial charge is 0.356 e. The molecule has 0 radical (unpaired) electrons. The number of carbonyl (C=O) groups is 2. The molecule has 1 atom stereocenters. The van der Waals surface area contributed by atoms with Crippen LogP contribution in [0.1, 0.15) is 19.8 Å². The standard InChI is InChI=1S/C9H13N3O2/c1-7(13)12-5-3-4-9(12,6-10)8(14)11-2/h3-5H2,1-2H3,(H,11,14). The van der Waals surface area contributed by atoms with Crippen LogP contribution < -0.4 is 5.32 Å². The molecule has 0 saturated carbocycles. The van der Waals surface area contributed by atoms with Gasteiger partial charge in [0.05, 0.1) is 0 Å². The summed E-state index contributed by atoms with van der Waals surface area (Å²) in [6.07, 6.45) is 1.11. The summed E-state index contributed by atoms with van der Waals surface area (Å²) in [7, 11) is 1.47. The Hall–Kier alpha value is -1.57. The van der Waals surface area contributed by atoms with Crippen LogP contribution in [0, 0.1) is 11.3 Å². The molecule has 14 heavy (non-hydrogen) atoms. The van der Waals surface area contributed by atoms with Crippen molar-refractivity contribution in [1.29, 1.82) is 5.26 Å². The van der Waals surface area contributed by atoms with E-state index in [1.165, 1.54) is 18.9 Å². The Morgan fingerprint density at radius 3 is 2.64 bits per heavy atom. The zero-order valence-electron chi connectivity index (χ0n) is 8.33. The first-order valence-electron chi connectivity index (χ1n) is 4.50. The Bertz CT molecular complexity index is 308. The first-order valence-corrected chi connectivity index (χ1v) is 4.50. The van der Waals surface area contributed by atoms with Crippen LogP contribution >= 0.6 is 0 Å². The van der Waals surface area contributed by atoms with Crippen molar-refractivity contribution in [3.05, 3.63) is 0 Å². The lowest BCUT2D eigenvalue weighted by Crippen LogP contribution is -2.55. The number of likely N-dealkylation sites (N-methyl/N-ethyl adjacent to an activating group) is 1. The Balaban J connectivity index is 3.05. The van der Waals surface area contributed by atoms with Crippen molar-refractivity contribution in [3.63, 3.8) is 0 Å². The summed E-state index contributed by atoms with van der Waals surface area (Å²) in [6.45, 7) is 1.86. The Morgan fingerprint density at radius 1 is 1.57 bits per heavy atom. The number of rotatable bonds is 1. The number of amides is 2. The van der Waals surface area contributed by atoms with Crippen LogP contribution in [0.4, 0.5) is 0 Å². The van der Waals surface area contributed by atoms with Crippen LogP contribution in [0.15, 0.2) is 0 Å². The maximum atomic E-state index is 11.6. The number of nitrogens with zero attached hydrogens (tertiary/aromatic N) is 2. The van der Waals surface area contributed by atoms with Gasteiger partial charge in [-0.1, -0.05) is 0 Å². The van der Waals surface area contributed by atoms with Crippen molar-refractivity contribution in [2.45, 2.75) is 25.3 Å². The molecule has 5 nitrogen and oxygen atoms in total. The molecule has 0 aromatic rings. The quantitative estimate of drug-likeness (QED) is 0.620. The van der Waals surface area contributed by atoms with Crippen molar-refractivity contribution in [2.75, 3.05) is 13.6 Å². The van der Waals surface area contributed by atoms with E-state index >= 15 is 0 Å². The van der Waals surface area contributed by atoms with Gasteiger partial charge in [0.25, 0.3) is 5.91 Å². The summed E-state index contributed by atoms with van der Waals surface area (Å²) >= 11 is 0. The van der Waals surface area contributed by atoms with Gasteiger partial charge in [-0.25, -0.2) is 0 Å². The number of hydrogen-bond acceptors (Lipinski definition) is 3. The van der Waals surface area contributed by atoms with Gasteiger partial charge in [0.1, 0.15) is 6.07 Å². The van der Waals surface area contributed by atoms with E-state index in [1.807, 2.05) is 6.07 Å². The van der Waals surface area contributed by atoms with Gasteiger partial charge in [0.2, 0.25) is 11.4 Å². The van der Waals surface area contributed by atoms with Crippen LogP contribution in [0.5, 0.6) is 0 Å². The SMILES string of the molecule is CNC(=O)C1(C#N)CCCN1C(C)=O. The number of hydrogen-bond donors (Lipinski definition) is 1. The van der Waals surface area contributed by atoms with Gasteiger partial charge in [-0.05, 0) is 12.8 Å². The first-order chi connectivity index (χ1) is 6.58. The maximum absolute atomic E-state index is 11.6. The molecule has 0 bridgehead atoms. The van der Waals surface area contributed by atoms with Crippen molar-refractivity contribution in [2.24, 2.45) is 0 Å². The van der Waals surface area contributed by atoms with E-state index in [0.717, 1.165) is 0 Å². The highest BCUT2D eigenvalue weighted by Gasteiger charge is 2.48. The van der Waals surface area contributed by atoms with E-state index < -0.39 is 11.4 Å². The van der Waals surface area contributed by atoms with E-state index in [0.29, 0.717) is 19.4 Å². The highest BCUT2D eigenvalue weighted by Crippen LogP contribution is 2.28. The molecule has 0 spiro atoms. The van der Waals surface area contributed by atoms with E-state index in [4.69, 9.17) is 5.26 Å². The fraction of sp³-hybridized carbons (Fsp3) is 0.667. The lowest BCUT2D eigenvalue weighted by atomic mass is 9.97. The summed E-state index contributed by atoms with van der Waals surface area (Å²) in [5.74, 6) is -0.625. The molecule has 76 valence electrons. The van der Waals surface area contributed by atoms with Gasteiger partial charge in [0, 0.05) is 20.5 Å². The van der Waals surface area contributed by atoms with Crippen LogP contribution in [0.3, 0.4) is 0 Å². The third-order valence-corrected chi connectivity index (χ3v) is 2.55. The summed E-state index contributed by atoms with van der Waals surface area (Å²) in [5, 5.41) is 11.5. The Labute approximate surface area is 82.7 Å². The lowest BCUT2D eigenvalue weighted by Gasteiger charge is -2.29. The van der Waals surface area contributed by atoms with Gasteiger partial charge in [-0.3, -0.25) is 9.59 Å². The molecule has 1 unspecified atom stereocenters. The van der Waals surface area contributed by atoms with Gasteiger partial charge < -0.3 is 10.2 Å². The van der Waals surface area contributed by atoms with E-state index in [2.05, 4.69) is 5.32 Å². The molecule has 1 aliphatic heterocycles. The van der Waals surface area contributed by atoms with Crippen molar-refractivity contribution in [1.82, 2.24) is 10.2 Å². The van der Waals surface area contributed by atoms with E-state index in [9.17, 15) is 9.59 Å². The van der Waals surface area contributed by atoms with Gasteiger partial charge >= 0.3 is 0 Å². The smallest absolute Gasteiger partial charge is 0.260 e. The van der Waals surface area contributed by atoms with Crippen LogP contribution in [-0.4, -0.2) is 35.8 Å². The molecular weight excluding hydrogens is 182 g/mol. The van der Waals surface area contributed by atoms with E-state index in [-0.39, 0.29) is 5.91 Å². The maximum Gasteiger partial charge on any atom is 0.260 e. The molecule has 0 aliphatic carbocycles. The lowest BCUT2D eigenvalue weighted by molar-refractivity contribution is -0.140. The summed E-state index contributed by atoms with van der Waals surface area (Å²) in [6, 6.07) is 1.95. The molecular formula is C9H13N3O2. The van der Waals surface area contributed by atoms with Crippen LogP contribution in [-0.2, 0) is 9.59 Å². The Morgan fingerprint density at radius 2 is 2.21 bits per heavy atom.